The fraction of sp³-hybridized carbons (Fsp3) is 0.418. The van der Waals surface area contributed by atoms with Gasteiger partial charge < -0.3 is 9.47 Å². The van der Waals surface area contributed by atoms with Gasteiger partial charge in [-0.15, -0.1) is 45.3 Å². The molecule has 6 saturated carbocycles. The molecule has 7 aliphatic carbocycles. The Balaban J connectivity index is 0.929. The number of carbonyl (C=O) groups is 6. The molecule has 6 aromatic rings. The third kappa shape index (κ3) is 6.93. The molecule has 0 radical (unpaired) electrons. The topological polar surface area (TPSA) is 146 Å². The summed E-state index contributed by atoms with van der Waals surface area (Å²) in [6.07, 6.45) is 12.1. The van der Waals surface area contributed by atoms with E-state index in [0.29, 0.717) is 54.2 Å². The standard InChI is InChI=1S/C55H48N2O8S4/c58-45-33-19-29-15-7-8-16-30(29)20-34(33)46(59)43(45)56-39-23-37-49(68-39)41-51(66-37)52-42(55(41,53(62)64-25-27-11-3-1-4-12-27)54(63)65-26-28-13-5-2-6-14-28)50-38(67-52)24-40(69-50)57-44-47(60)35-21-31-17-9-10-18-32(31)22-36(35)48(44)61/h1-6,11-14,23-24,29-36H,7-10,15-22,25-26H2. The number of hydrogen-bond acceptors (Lipinski definition) is 14. The van der Waals surface area contributed by atoms with Gasteiger partial charge in [0.25, 0.3) is 0 Å². The van der Waals surface area contributed by atoms with Crippen molar-refractivity contribution in [3.8, 4) is 9.75 Å². The molecule has 0 bridgehead atoms. The first kappa shape index (κ1) is 43.7. The predicted octanol–water partition coefficient (Wildman–Crippen LogP) is 12.1. The van der Waals surface area contributed by atoms with Crippen molar-refractivity contribution in [1.82, 2.24) is 0 Å². The van der Waals surface area contributed by atoms with Crippen molar-refractivity contribution in [2.45, 2.75) is 95.7 Å². The molecule has 4 aromatic heterocycles. The number of ether oxygens (including phenoxy) is 2. The van der Waals surface area contributed by atoms with E-state index in [9.17, 15) is 19.2 Å². The lowest BCUT2D eigenvalue weighted by Gasteiger charge is -2.39. The number of rotatable bonds is 8. The highest BCUT2D eigenvalue weighted by molar-refractivity contribution is 7.36. The molecule has 7 aliphatic rings. The zero-order valence-electron chi connectivity index (χ0n) is 37.7. The number of Topliss-reactive ketones (excluding diaryl/α,β-unsaturated/α-hetero) is 4. The second-order valence-corrected chi connectivity index (χ2v) is 24.6. The first-order valence-corrected chi connectivity index (χ1v) is 27.8. The van der Waals surface area contributed by atoms with Gasteiger partial charge in [-0.1, -0.05) is 112 Å². The fourth-order valence-electron chi connectivity index (χ4n) is 13.5. The van der Waals surface area contributed by atoms with Crippen molar-refractivity contribution in [2.75, 3.05) is 0 Å². The molecule has 0 aliphatic heterocycles. The van der Waals surface area contributed by atoms with E-state index in [4.69, 9.17) is 19.5 Å². The van der Waals surface area contributed by atoms with Crippen LogP contribution in [0.25, 0.3) is 28.6 Å². The van der Waals surface area contributed by atoms with Gasteiger partial charge in [0.05, 0.1) is 19.2 Å². The van der Waals surface area contributed by atoms with Crippen LogP contribution in [0.3, 0.4) is 0 Å². The normalized spacial score (nSPS) is 27.7. The minimum Gasteiger partial charge on any atom is -0.459 e. The molecule has 14 heteroatoms. The monoisotopic (exact) mass is 992 g/mol. The molecule has 13 rings (SSSR count). The van der Waals surface area contributed by atoms with Crippen molar-refractivity contribution < 1.29 is 38.2 Å². The van der Waals surface area contributed by atoms with Gasteiger partial charge >= 0.3 is 11.9 Å². The second kappa shape index (κ2) is 17.0. The number of nitrogens with zero attached hydrogens (tertiary/aromatic N) is 2. The first-order valence-electron chi connectivity index (χ1n) is 24.6. The summed E-state index contributed by atoms with van der Waals surface area (Å²) in [5, 5.41) is 0.910. The van der Waals surface area contributed by atoms with Crippen LogP contribution in [0, 0.1) is 47.3 Å². The molecule has 0 spiro atoms. The van der Waals surface area contributed by atoms with Crippen LogP contribution in [0.4, 0.5) is 10.0 Å². The molecule has 6 fully saturated rings. The second-order valence-electron chi connectivity index (χ2n) is 20.4. The Morgan fingerprint density at radius 3 is 1.20 bits per heavy atom. The highest BCUT2D eigenvalue weighted by atomic mass is 32.1. The highest BCUT2D eigenvalue weighted by Crippen LogP contribution is 2.64. The van der Waals surface area contributed by atoms with Crippen LogP contribution in [0.15, 0.2) is 82.8 Å². The molecular weight excluding hydrogens is 945 g/mol. The quantitative estimate of drug-likeness (QED) is 0.108. The van der Waals surface area contributed by atoms with Gasteiger partial charge in [-0.25, -0.2) is 9.98 Å². The van der Waals surface area contributed by atoms with E-state index in [0.717, 1.165) is 81.6 Å². The summed E-state index contributed by atoms with van der Waals surface area (Å²) in [7, 11) is 0. The number of thiophene rings is 4. The fourth-order valence-corrected chi connectivity index (χ4v) is 18.8. The Morgan fingerprint density at radius 1 is 0.507 bits per heavy atom. The maximum atomic E-state index is 15.5. The lowest BCUT2D eigenvalue weighted by atomic mass is 9.64. The summed E-state index contributed by atoms with van der Waals surface area (Å²) < 4.78 is 15.3. The summed E-state index contributed by atoms with van der Waals surface area (Å²) >= 11 is 5.38. The average molecular weight is 993 g/mol. The lowest BCUT2D eigenvalue weighted by molar-refractivity contribution is -0.164. The number of carbonyl (C=O) groups excluding carboxylic acids is 6. The Kier molecular flexibility index (Phi) is 10.7. The summed E-state index contributed by atoms with van der Waals surface area (Å²) in [5.41, 5.74) is 0.265. The van der Waals surface area contributed by atoms with Crippen LogP contribution >= 0.6 is 45.3 Å². The SMILES string of the molecule is O=C1C(=Nc2cc3sc4c(c3s2)C(C(=O)OCc2ccccc2)(C(=O)OCc2ccccc2)c2c-4sc3cc(N=C4C(=O)C5CC6CCCCC6CC5C4=O)sc23)C(=O)C2CC3CCCCC3CC12. The van der Waals surface area contributed by atoms with Crippen molar-refractivity contribution in [3.63, 3.8) is 0 Å². The van der Waals surface area contributed by atoms with E-state index in [1.54, 1.807) is 0 Å². The Bertz CT molecular complexity index is 2950. The van der Waals surface area contributed by atoms with E-state index in [1.807, 2.05) is 72.8 Å². The van der Waals surface area contributed by atoms with Crippen LogP contribution in [0.1, 0.15) is 99.3 Å². The molecule has 0 amide bonds. The van der Waals surface area contributed by atoms with Crippen LogP contribution in [0.2, 0.25) is 0 Å². The minimum atomic E-state index is -2.11. The molecule has 69 heavy (non-hydrogen) atoms. The van der Waals surface area contributed by atoms with Crippen LogP contribution in [0.5, 0.6) is 0 Å². The van der Waals surface area contributed by atoms with Gasteiger partial charge in [0, 0.05) is 44.2 Å². The van der Waals surface area contributed by atoms with Gasteiger partial charge in [-0.2, -0.15) is 0 Å². The van der Waals surface area contributed by atoms with E-state index >= 15 is 9.59 Å². The van der Waals surface area contributed by atoms with E-state index in [1.165, 1.54) is 71.0 Å². The van der Waals surface area contributed by atoms with Crippen LogP contribution < -0.4 is 0 Å². The molecule has 0 N–H and O–H groups in total. The Morgan fingerprint density at radius 2 is 0.855 bits per heavy atom. The summed E-state index contributed by atoms with van der Waals surface area (Å²) in [4.78, 5) is 98.2. The smallest absolute Gasteiger partial charge is 0.333 e. The van der Waals surface area contributed by atoms with Gasteiger partial charge in [-0.3, -0.25) is 28.8 Å². The third-order valence-electron chi connectivity index (χ3n) is 16.8. The van der Waals surface area contributed by atoms with E-state index < -0.39 is 17.4 Å². The zero-order chi connectivity index (χ0) is 46.7. The number of esters is 2. The molecule has 10 nitrogen and oxygen atoms in total. The van der Waals surface area contributed by atoms with Crippen molar-refractivity contribution in [2.24, 2.45) is 57.3 Å². The number of aliphatic imine (C=N–C) groups is 2. The molecular formula is C55H48N2O8S4. The maximum absolute atomic E-state index is 15.5. The number of hydrogen-bond donors (Lipinski definition) is 0. The predicted molar refractivity (Wildman–Crippen MR) is 269 cm³/mol. The summed E-state index contributed by atoms with van der Waals surface area (Å²) in [5.74, 6) is -1.69. The highest BCUT2D eigenvalue weighted by Gasteiger charge is 2.62. The Hall–Kier alpha value is -5.28. The zero-order valence-corrected chi connectivity index (χ0v) is 41.0. The maximum Gasteiger partial charge on any atom is 0.333 e. The molecule has 4 heterocycles. The van der Waals surface area contributed by atoms with Crippen molar-refractivity contribution in [3.05, 3.63) is 95.1 Å². The van der Waals surface area contributed by atoms with E-state index in [-0.39, 0.29) is 71.4 Å². The third-order valence-corrected chi connectivity index (χ3v) is 21.5. The number of benzene rings is 2. The van der Waals surface area contributed by atoms with Gasteiger partial charge in [0.15, 0.2) is 34.6 Å². The van der Waals surface area contributed by atoms with Gasteiger partial charge in [0.2, 0.25) is 5.41 Å². The Labute approximate surface area is 414 Å². The molecule has 8 unspecified atom stereocenters. The largest absolute Gasteiger partial charge is 0.459 e. The number of ketones is 4. The summed E-state index contributed by atoms with van der Waals surface area (Å²) in [6, 6.07) is 22.3. The minimum absolute atomic E-state index is 0.00961. The molecule has 2 aromatic carbocycles. The average Bonchev–Trinajstić information content (AvgIpc) is 4.23. The molecule has 350 valence electrons. The lowest BCUT2D eigenvalue weighted by Crippen LogP contribution is -2.45. The van der Waals surface area contributed by atoms with Crippen molar-refractivity contribution >= 4 is 121 Å². The van der Waals surface area contributed by atoms with E-state index in [2.05, 4.69) is 0 Å². The number of fused-ring (bicyclic) bond motifs is 11. The van der Waals surface area contributed by atoms with Gasteiger partial charge in [-0.05, 0) is 72.6 Å². The van der Waals surface area contributed by atoms with Crippen LogP contribution in [-0.2, 0) is 56.9 Å². The van der Waals surface area contributed by atoms with Crippen LogP contribution in [-0.4, -0.2) is 46.5 Å². The molecule has 8 atom stereocenters. The first-order chi connectivity index (χ1) is 33.6. The van der Waals surface area contributed by atoms with Crippen molar-refractivity contribution in [1.29, 1.82) is 0 Å². The summed E-state index contributed by atoms with van der Waals surface area (Å²) in [6.45, 7) is -0.207. The van der Waals surface area contributed by atoms with Gasteiger partial charge in [0.1, 0.15) is 23.2 Å². The molecule has 0 saturated heterocycles.